The number of benzene rings is 1. The molecule has 1 saturated carbocycles. The first kappa shape index (κ1) is 13.6. The van der Waals surface area contributed by atoms with Crippen molar-refractivity contribution in [2.75, 3.05) is 0 Å². The number of aryl methyl sites for hydroxylation is 1. The molecule has 1 fully saturated rings. The Bertz CT molecular complexity index is 333. The highest BCUT2D eigenvalue weighted by Gasteiger charge is 2.19. The molecule has 0 heterocycles. The molecule has 1 N–H and O–H groups in total. The van der Waals surface area contributed by atoms with Crippen LogP contribution in [-0.2, 0) is 13.0 Å². The first-order chi connectivity index (χ1) is 8.81. The molecule has 18 heavy (non-hydrogen) atoms. The first-order valence-electron chi connectivity index (χ1n) is 7.63. The average Bonchev–Trinajstić information content (AvgIpc) is 2.46. The van der Waals surface area contributed by atoms with Crippen LogP contribution >= 0.6 is 0 Å². The molecule has 1 aliphatic rings. The van der Waals surface area contributed by atoms with Gasteiger partial charge in [0.15, 0.2) is 0 Å². The fraction of sp³-hybridized carbons (Fsp3) is 0.647. The van der Waals surface area contributed by atoms with Crippen LogP contribution in [0.1, 0.15) is 57.1 Å². The van der Waals surface area contributed by atoms with Crippen molar-refractivity contribution in [3.05, 3.63) is 35.4 Å². The van der Waals surface area contributed by atoms with Gasteiger partial charge in [0.1, 0.15) is 0 Å². The number of rotatable bonds is 5. The molecule has 0 bridgehead atoms. The van der Waals surface area contributed by atoms with E-state index in [0.29, 0.717) is 0 Å². The Kier molecular flexibility index (Phi) is 5.25. The van der Waals surface area contributed by atoms with Gasteiger partial charge in [-0.05, 0) is 49.1 Å². The quantitative estimate of drug-likeness (QED) is 0.815. The lowest BCUT2D eigenvalue weighted by molar-refractivity contribution is 0.285. The van der Waals surface area contributed by atoms with Gasteiger partial charge in [-0.1, -0.05) is 44.5 Å². The number of hydrogen-bond donors (Lipinski definition) is 1. The van der Waals surface area contributed by atoms with E-state index in [1.54, 1.807) is 0 Å². The third-order valence-electron chi connectivity index (χ3n) is 4.45. The molecule has 1 aromatic rings. The topological polar surface area (TPSA) is 12.0 Å². The van der Waals surface area contributed by atoms with Crippen molar-refractivity contribution in [3.8, 4) is 0 Å². The van der Waals surface area contributed by atoms with Gasteiger partial charge >= 0.3 is 0 Å². The largest absolute Gasteiger partial charge is 0.310 e. The zero-order chi connectivity index (χ0) is 12.8. The van der Waals surface area contributed by atoms with Crippen LogP contribution in [0.4, 0.5) is 0 Å². The Morgan fingerprint density at radius 1 is 0.944 bits per heavy atom. The first-order valence-corrected chi connectivity index (χ1v) is 7.63. The van der Waals surface area contributed by atoms with E-state index in [2.05, 4.69) is 43.4 Å². The predicted octanol–water partition coefficient (Wildman–Crippen LogP) is 4.31. The average molecular weight is 245 g/mol. The van der Waals surface area contributed by atoms with Crippen molar-refractivity contribution in [2.24, 2.45) is 5.92 Å². The summed E-state index contributed by atoms with van der Waals surface area (Å²) in [4.78, 5) is 0. The van der Waals surface area contributed by atoms with Crippen LogP contribution in [-0.4, -0.2) is 6.04 Å². The molecule has 1 aromatic carbocycles. The molecule has 100 valence electrons. The highest BCUT2D eigenvalue weighted by atomic mass is 14.9. The van der Waals surface area contributed by atoms with Crippen LogP contribution in [0.15, 0.2) is 24.3 Å². The summed E-state index contributed by atoms with van der Waals surface area (Å²) in [5.74, 6) is 0.992. The molecule has 0 atom stereocenters. The van der Waals surface area contributed by atoms with Gasteiger partial charge in [0.2, 0.25) is 0 Å². The van der Waals surface area contributed by atoms with E-state index in [1.165, 1.54) is 43.2 Å². The van der Waals surface area contributed by atoms with Crippen LogP contribution in [0.2, 0.25) is 0 Å². The molecule has 0 saturated heterocycles. The summed E-state index contributed by atoms with van der Waals surface area (Å²) in [6, 6.07) is 9.79. The molecule has 0 unspecified atom stereocenters. The van der Waals surface area contributed by atoms with Crippen LogP contribution < -0.4 is 5.32 Å². The fourth-order valence-corrected chi connectivity index (χ4v) is 2.93. The van der Waals surface area contributed by atoms with Crippen LogP contribution in [0.5, 0.6) is 0 Å². The smallest absolute Gasteiger partial charge is 0.0208 e. The van der Waals surface area contributed by atoms with E-state index in [0.717, 1.165) is 24.9 Å². The van der Waals surface area contributed by atoms with Gasteiger partial charge in [-0.25, -0.2) is 0 Å². The van der Waals surface area contributed by atoms with Crippen molar-refractivity contribution >= 4 is 0 Å². The summed E-state index contributed by atoms with van der Waals surface area (Å²) in [6.07, 6.45) is 8.07. The molecule has 0 spiro atoms. The lowest BCUT2D eigenvalue weighted by atomic mass is 9.84. The Labute approximate surface area is 112 Å². The lowest BCUT2D eigenvalue weighted by Gasteiger charge is -2.28. The van der Waals surface area contributed by atoms with Crippen molar-refractivity contribution in [1.29, 1.82) is 0 Å². The minimum Gasteiger partial charge on any atom is -0.310 e. The minimum absolute atomic E-state index is 0.749. The highest BCUT2D eigenvalue weighted by molar-refractivity contribution is 5.22. The Balaban J connectivity index is 1.74. The van der Waals surface area contributed by atoms with Gasteiger partial charge in [0, 0.05) is 12.6 Å². The standard InChI is InChI=1S/C17H27N/c1-3-14-5-7-16(8-6-14)13-18-17-11-9-15(4-2)10-12-17/h5-8,15,17-18H,3-4,9-13H2,1-2H3. The van der Waals surface area contributed by atoms with E-state index < -0.39 is 0 Å². The van der Waals surface area contributed by atoms with Crippen LogP contribution in [0.25, 0.3) is 0 Å². The van der Waals surface area contributed by atoms with Crippen molar-refractivity contribution in [2.45, 2.75) is 65.0 Å². The molecule has 0 aromatic heterocycles. The minimum atomic E-state index is 0.749. The second kappa shape index (κ2) is 6.94. The third-order valence-corrected chi connectivity index (χ3v) is 4.45. The summed E-state index contributed by atoms with van der Waals surface area (Å²) in [6.45, 7) is 5.57. The van der Waals surface area contributed by atoms with Gasteiger partial charge in [-0.3, -0.25) is 0 Å². The lowest BCUT2D eigenvalue weighted by Crippen LogP contribution is -2.32. The number of hydrogen-bond acceptors (Lipinski definition) is 1. The maximum Gasteiger partial charge on any atom is 0.0208 e. The Hall–Kier alpha value is -0.820. The van der Waals surface area contributed by atoms with Crippen molar-refractivity contribution < 1.29 is 0 Å². The monoisotopic (exact) mass is 245 g/mol. The SMILES string of the molecule is CCc1ccc(CNC2CCC(CC)CC2)cc1. The molecular formula is C17H27N. The van der Waals surface area contributed by atoms with E-state index in [1.807, 2.05) is 0 Å². The Morgan fingerprint density at radius 2 is 1.56 bits per heavy atom. The summed E-state index contributed by atoms with van der Waals surface area (Å²) < 4.78 is 0. The fourth-order valence-electron chi connectivity index (χ4n) is 2.93. The summed E-state index contributed by atoms with van der Waals surface area (Å²) in [5, 5.41) is 3.72. The van der Waals surface area contributed by atoms with E-state index in [-0.39, 0.29) is 0 Å². The maximum atomic E-state index is 3.72. The molecule has 2 rings (SSSR count). The van der Waals surface area contributed by atoms with Crippen LogP contribution in [0.3, 0.4) is 0 Å². The van der Waals surface area contributed by atoms with Gasteiger partial charge in [-0.2, -0.15) is 0 Å². The van der Waals surface area contributed by atoms with Gasteiger partial charge in [-0.15, -0.1) is 0 Å². The molecule has 0 radical (unpaired) electrons. The second-order valence-corrected chi connectivity index (χ2v) is 5.68. The summed E-state index contributed by atoms with van der Waals surface area (Å²) >= 11 is 0. The van der Waals surface area contributed by atoms with Gasteiger partial charge in [0.25, 0.3) is 0 Å². The molecule has 1 aliphatic carbocycles. The molecule has 0 aliphatic heterocycles. The van der Waals surface area contributed by atoms with E-state index in [4.69, 9.17) is 0 Å². The van der Waals surface area contributed by atoms with E-state index >= 15 is 0 Å². The summed E-state index contributed by atoms with van der Waals surface area (Å²) in [7, 11) is 0. The Morgan fingerprint density at radius 3 is 2.11 bits per heavy atom. The van der Waals surface area contributed by atoms with Crippen molar-refractivity contribution in [3.63, 3.8) is 0 Å². The molecule has 0 amide bonds. The normalized spacial score (nSPS) is 24.1. The predicted molar refractivity (Wildman–Crippen MR) is 78.7 cm³/mol. The zero-order valence-corrected chi connectivity index (χ0v) is 11.9. The van der Waals surface area contributed by atoms with Gasteiger partial charge in [0.05, 0.1) is 0 Å². The van der Waals surface area contributed by atoms with Crippen molar-refractivity contribution in [1.82, 2.24) is 5.32 Å². The van der Waals surface area contributed by atoms with Crippen LogP contribution in [0, 0.1) is 5.92 Å². The van der Waals surface area contributed by atoms with E-state index in [9.17, 15) is 0 Å². The third kappa shape index (κ3) is 3.84. The van der Waals surface area contributed by atoms with Gasteiger partial charge < -0.3 is 5.32 Å². The zero-order valence-electron chi connectivity index (χ0n) is 11.9. The number of nitrogens with one attached hydrogen (secondary N) is 1. The molecule has 1 nitrogen and oxygen atoms in total. The maximum absolute atomic E-state index is 3.72. The summed E-state index contributed by atoms with van der Waals surface area (Å²) in [5.41, 5.74) is 2.85. The molecule has 1 heteroatoms. The molecular weight excluding hydrogens is 218 g/mol. The second-order valence-electron chi connectivity index (χ2n) is 5.68. The highest BCUT2D eigenvalue weighted by Crippen LogP contribution is 2.26.